The van der Waals surface area contributed by atoms with E-state index in [-0.39, 0.29) is 16.5 Å². The van der Waals surface area contributed by atoms with Crippen molar-refractivity contribution in [3.8, 4) is 0 Å². The first-order valence-electron chi connectivity index (χ1n) is 4.50. The second-order valence-electron chi connectivity index (χ2n) is 2.94. The molecule has 0 spiro atoms. The highest BCUT2D eigenvalue weighted by molar-refractivity contribution is 7.13. The van der Waals surface area contributed by atoms with E-state index >= 15 is 0 Å². The fraction of sp³-hybridized carbons (Fsp3) is 0.375. The van der Waals surface area contributed by atoms with Gasteiger partial charge >= 0.3 is 0 Å². The van der Waals surface area contributed by atoms with Gasteiger partial charge in [-0.1, -0.05) is 5.16 Å². The standard InChI is InChI=1S/C8H11FN4O3S/c9-1-4(2-14)16-13-6(7(10)15)5-3-17-8(11)12-5/h3-4,14H,1-2H2,(H2,10,15)(H2,11,12)/b13-6-/t4-/m1/s1. The van der Waals surface area contributed by atoms with Gasteiger partial charge in [-0.25, -0.2) is 9.37 Å². The minimum Gasteiger partial charge on any atom is -0.392 e. The van der Waals surface area contributed by atoms with Crippen molar-refractivity contribution in [3.63, 3.8) is 0 Å². The Morgan fingerprint density at radius 1 is 1.76 bits per heavy atom. The molecule has 1 atom stereocenters. The number of rotatable bonds is 6. The lowest BCUT2D eigenvalue weighted by Crippen LogP contribution is -2.26. The van der Waals surface area contributed by atoms with Crippen LogP contribution in [0.2, 0.25) is 0 Å². The van der Waals surface area contributed by atoms with Crippen LogP contribution in [-0.4, -0.2) is 41.1 Å². The quantitative estimate of drug-likeness (QED) is 0.460. The van der Waals surface area contributed by atoms with Gasteiger partial charge in [-0.3, -0.25) is 4.79 Å². The van der Waals surface area contributed by atoms with Gasteiger partial charge in [0.15, 0.2) is 16.9 Å². The number of oxime groups is 1. The first-order valence-corrected chi connectivity index (χ1v) is 5.38. The van der Waals surface area contributed by atoms with Gasteiger partial charge in [0.05, 0.1) is 6.61 Å². The van der Waals surface area contributed by atoms with Crippen LogP contribution in [0.4, 0.5) is 9.52 Å². The number of primary amides is 1. The van der Waals surface area contributed by atoms with Gasteiger partial charge in [0.2, 0.25) is 0 Å². The Kier molecular flexibility index (Phi) is 4.79. The smallest absolute Gasteiger partial charge is 0.273 e. The van der Waals surface area contributed by atoms with E-state index < -0.39 is 25.3 Å². The summed E-state index contributed by atoms with van der Waals surface area (Å²) in [5, 5.41) is 13.7. The molecule has 1 heterocycles. The molecule has 1 rings (SSSR count). The number of thiazole rings is 1. The number of anilines is 1. The third-order valence-corrected chi connectivity index (χ3v) is 2.34. The monoisotopic (exact) mass is 262 g/mol. The average molecular weight is 262 g/mol. The zero-order valence-electron chi connectivity index (χ0n) is 8.67. The third-order valence-electron chi connectivity index (χ3n) is 1.67. The average Bonchev–Trinajstić information content (AvgIpc) is 2.70. The number of nitrogens with zero attached hydrogens (tertiary/aromatic N) is 2. The maximum absolute atomic E-state index is 12.2. The van der Waals surface area contributed by atoms with E-state index in [2.05, 4.69) is 15.0 Å². The predicted molar refractivity (Wildman–Crippen MR) is 60.2 cm³/mol. The van der Waals surface area contributed by atoms with Gasteiger partial charge in [-0.2, -0.15) is 0 Å². The number of halogens is 1. The molecule has 1 aromatic rings. The molecule has 0 aliphatic heterocycles. The highest BCUT2D eigenvalue weighted by Gasteiger charge is 2.16. The predicted octanol–water partition coefficient (Wildman–Crippen LogP) is -0.738. The second-order valence-corrected chi connectivity index (χ2v) is 3.83. The van der Waals surface area contributed by atoms with Crippen molar-refractivity contribution in [2.75, 3.05) is 19.0 Å². The third kappa shape index (κ3) is 3.64. The van der Waals surface area contributed by atoms with E-state index in [1.165, 1.54) is 5.38 Å². The van der Waals surface area contributed by atoms with E-state index in [1.54, 1.807) is 0 Å². The number of aliphatic hydroxyl groups excluding tert-OH is 1. The zero-order valence-corrected chi connectivity index (χ0v) is 9.48. The molecule has 0 radical (unpaired) electrons. The van der Waals surface area contributed by atoms with Gasteiger partial charge in [0.25, 0.3) is 5.91 Å². The van der Waals surface area contributed by atoms with Crippen LogP contribution in [0.3, 0.4) is 0 Å². The highest BCUT2D eigenvalue weighted by atomic mass is 32.1. The summed E-state index contributed by atoms with van der Waals surface area (Å²) in [4.78, 5) is 19.5. The van der Waals surface area contributed by atoms with Crippen LogP contribution >= 0.6 is 11.3 Å². The minimum atomic E-state index is -1.14. The summed E-state index contributed by atoms with van der Waals surface area (Å²) >= 11 is 1.09. The molecule has 17 heavy (non-hydrogen) atoms. The zero-order chi connectivity index (χ0) is 12.8. The molecule has 0 saturated carbocycles. The molecule has 94 valence electrons. The Morgan fingerprint density at radius 2 is 2.47 bits per heavy atom. The van der Waals surface area contributed by atoms with Crippen LogP contribution in [0.1, 0.15) is 5.69 Å². The molecule has 1 amide bonds. The fourth-order valence-corrected chi connectivity index (χ4v) is 1.40. The number of amides is 1. The molecule has 1 aromatic heterocycles. The van der Waals surface area contributed by atoms with E-state index in [0.29, 0.717) is 0 Å². The van der Waals surface area contributed by atoms with Crippen LogP contribution in [-0.2, 0) is 9.63 Å². The Morgan fingerprint density at radius 3 is 2.88 bits per heavy atom. The van der Waals surface area contributed by atoms with E-state index in [1.807, 2.05) is 0 Å². The number of carbonyl (C=O) groups is 1. The summed E-state index contributed by atoms with van der Waals surface area (Å²) in [7, 11) is 0. The molecular formula is C8H11FN4O3S. The largest absolute Gasteiger partial charge is 0.392 e. The molecule has 0 aliphatic carbocycles. The molecule has 0 bridgehead atoms. The minimum absolute atomic E-state index is 0.149. The van der Waals surface area contributed by atoms with Gasteiger partial charge in [0, 0.05) is 5.38 Å². The maximum Gasteiger partial charge on any atom is 0.273 e. The molecule has 0 aromatic carbocycles. The van der Waals surface area contributed by atoms with Gasteiger partial charge in [0.1, 0.15) is 12.4 Å². The number of aliphatic hydroxyl groups is 1. The SMILES string of the molecule is NC(=O)/C(=N\O[C@@H](CO)CF)c1csc(N)n1. The molecule has 5 N–H and O–H groups in total. The Balaban J connectivity index is 2.86. The lowest BCUT2D eigenvalue weighted by Gasteiger charge is -2.07. The highest BCUT2D eigenvalue weighted by Crippen LogP contribution is 2.12. The summed E-state index contributed by atoms with van der Waals surface area (Å²) in [5.74, 6) is -0.883. The van der Waals surface area contributed by atoms with Crippen molar-refractivity contribution in [3.05, 3.63) is 11.1 Å². The van der Waals surface area contributed by atoms with Crippen molar-refractivity contribution in [2.24, 2.45) is 10.9 Å². The Bertz CT molecular complexity index is 419. The topological polar surface area (TPSA) is 124 Å². The first-order chi connectivity index (χ1) is 8.08. The summed E-state index contributed by atoms with van der Waals surface area (Å²) < 4.78 is 12.2. The number of alkyl halides is 1. The van der Waals surface area contributed by atoms with Crippen molar-refractivity contribution < 1.29 is 19.1 Å². The lowest BCUT2D eigenvalue weighted by atomic mass is 10.3. The molecule has 0 aliphatic rings. The van der Waals surface area contributed by atoms with E-state index in [4.69, 9.17) is 16.6 Å². The van der Waals surface area contributed by atoms with Gasteiger partial charge in [-0.15, -0.1) is 11.3 Å². The van der Waals surface area contributed by atoms with E-state index in [9.17, 15) is 9.18 Å². The summed E-state index contributed by atoms with van der Waals surface area (Å²) in [6.07, 6.45) is -1.14. The first kappa shape index (κ1) is 13.3. The summed E-state index contributed by atoms with van der Waals surface area (Å²) in [6.45, 7) is -1.50. The Labute approximate surface area is 99.9 Å². The number of aromatic nitrogens is 1. The fourth-order valence-electron chi connectivity index (χ4n) is 0.852. The maximum atomic E-state index is 12.2. The second kappa shape index (κ2) is 6.11. The number of hydrogen-bond acceptors (Lipinski definition) is 7. The van der Waals surface area contributed by atoms with Crippen molar-refractivity contribution in [1.29, 1.82) is 0 Å². The molecular weight excluding hydrogens is 251 g/mol. The van der Waals surface area contributed by atoms with Crippen molar-refractivity contribution in [2.45, 2.75) is 6.10 Å². The van der Waals surface area contributed by atoms with Crippen LogP contribution in [0.25, 0.3) is 0 Å². The molecule has 0 unspecified atom stereocenters. The summed E-state index contributed by atoms with van der Waals surface area (Å²) in [5.41, 5.74) is 10.3. The van der Waals surface area contributed by atoms with Crippen molar-refractivity contribution >= 4 is 28.1 Å². The number of carbonyl (C=O) groups excluding carboxylic acids is 1. The molecule has 9 heteroatoms. The van der Waals surface area contributed by atoms with Crippen LogP contribution in [0, 0.1) is 0 Å². The number of nitrogens with two attached hydrogens (primary N) is 2. The van der Waals surface area contributed by atoms with E-state index in [0.717, 1.165) is 11.3 Å². The summed E-state index contributed by atoms with van der Waals surface area (Å²) in [6, 6.07) is 0. The number of nitrogen functional groups attached to an aromatic ring is 1. The molecule has 0 saturated heterocycles. The number of hydrogen-bond donors (Lipinski definition) is 3. The van der Waals surface area contributed by atoms with Gasteiger partial charge in [-0.05, 0) is 0 Å². The van der Waals surface area contributed by atoms with Crippen LogP contribution < -0.4 is 11.5 Å². The molecule has 7 nitrogen and oxygen atoms in total. The Hall–Kier alpha value is -1.74. The molecule has 0 fully saturated rings. The van der Waals surface area contributed by atoms with Crippen LogP contribution in [0.15, 0.2) is 10.5 Å². The van der Waals surface area contributed by atoms with Gasteiger partial charge < -0.3 is 21.4 Å². The van der Waals surface area contributed by atoms with Crippen LogP contribution in [0.5, 0.6) is 0 Å². The lowest BCUT2D eigenvalue weighted by molar-refractivity contribution is -0.112. The van der Waals surface area contributed by atoms with Crippen molar-refractivity contribution in [1.82, 2.24) is 4.98 Å². The normalized spacial score (nSPS) is 13.4.